The van der Waals surface area contributed by atoms with Crippen molar-refractivity contribution in [1.82, 2.24) is 4.90 Å². The number of piperidine rings is 1. The summed E-state index contributed by atoms with van der Waals surface area (Å²) in [6, 6.07) is 8.16. The number of carbonyl (C=O) groups is 1. The first-order valence-electron chi connectivity index (χ1n) is 6.91. The molecule has 0 aliphatic carbocycles. The van der Waals surface area contributed by atoms with Gasteiger partial charge in [0.25, 0.3) is 0 Å². The molecule has 3 rings (SSSR count). The van der Waals surface area contributed by atoms with Gasteiger partial charge >= 0.3 is 0 Å². The van der Waals surface area contributed by atoms with Crippen molar-refractivity contribution in [3.05, 3.63) is 29.8 Å². The van der Waals surface area contributed by atoms with E-state index in [2.05, 4.69) is 6.07 Å². The molecule has 0 bridgehead atoms. The van der Waals surface area contributed by atoms with E-state index in [0.29, 0.717) is 19.5 Å². The molecule has 2 aliphatic rings. The normalized spacial score (nSPS) is 30.1. The highest BCUT2D eigenvalue weighted by atomic mass is 16.5. The standard InChI is InChI=1S/C15H20N2O2/c1-10-6-15(18)17(9-13(10)16)8-12-7-11-4-2-3-5-14(11)19-12/h2-5,10,12-13H,6-9,16H2,1H3. The minimum Gasteiger partial charge on any atom is -0.488 e. The van der Waals surface area contributed by atoms with E-state index >= 15 is 0 Å². The van der Waals surface area contributed by atoms with Gasteiger partial charge in [0.05, 0.1) is 6.54 Å². The molecule has 102 valence electrons. The zero-order chi connectivity index (χ0) is 13.4. The van der Waals surface area contributed by atoms with Gasteiger partial charge in [-0.25, -0.2) is 0 Å². The SMILES string of the molecule is CC1CC(=O)N(CC2Cc3ccccc3O2)CC1N. The maximum absolute atomic E-state index is 12.0. The number of likely N-dealkylation sites (tertiary alicyclic amines) is 1. The van der Waals surface area contributed by atoms with E-state index in [1.165, 1.54) is 5.56 Å². The second-order valence-electron chi connectivity index (χ2n) is 5.70. The van der Waals surface area contributed by atoms with Gasteiger partial charge in [-0.1, -0.05) is 25.1 Å². The van der Waals surface area contributed by atoms with Gasteiger partial charge in [0, 0.05) is 25.4 Å². The smallest absolute Gasteiger partial charge is 0.223 e. The number of amides is 1. The van der Waals surface area contributed by atoms with Crippen molar-refractivity contribution < 1.29 is 9.53 Å². The van der Waals surface area contributed by atoms with Crippen molar-refractivity contribution in [2.45, 2.75) is 31.9 Å². The first kappa shape index (κ1) is 12.5. The van der Waals surface area contributed by atoms with Gasteiger partial charge in [-0.3, -0.25) is 4.79 Å². The highest BCUT2D eigenvalue weighted by molar-refractivity contribution is 5.77. The van der Waals surface area contributed by atoms with Crippen molar-refractivity contribution in [2.75, 3.05) is 13.1 Å². The molecular formula is C15H20N2O2. The molecule has 1 amide bonds. The van der Waals surface area contributed by atoms with E-state index in [1.54, 1.807) is 0 Å². The Kier molecular flexibility index (Phi) is 3.19. The number of nitrogens with two attached hydrogens (primary N) is 1. The molecule has 3 unspecified atom stereocenters. The number of hydrogen-bond donors (Lipinski definition) is 1. The van der Waals surface area contributed by atoms with Crippen molar-refractivity contribution in [3.8, 4) is 5.75 Å². The molecule has 19 heavy (non-hydrogen) atoms. The van der Waals surface area contributed by atoms with Crippen LogP contribution in [0.3, 0.4) is 0 Å². The third-order valence-electron chi connectivity index (χ3n) is 4.15. The van der Waals surface area contributed by atoms with Gasteiger partial charge in [-0.05, 0) is 17.5 Å². The van der Waals surface area contributed by atoms with Gasteiger partial charge in [0.2, 0.25) is 5.91 Å². The van der Waals surface area contributed by atoms with Crippen molar-refractivity contribution >= 4 is 5.91 Å². The van der Waals surface area contributed by atoms with Crippen LogP contribution in [-0.4, -0.2) is 36.0 Å². The van der Waals surface area contributed by atoms with E-state index < -0.39 is 0 Å². The Bertz CT molecular complexity index is 464. The lowest BCUT2D eigenvalue weighted by Gasteiger charge is -2.35. The lowest BCUT2D eigenvalue weighted by atomic mass is 9.93. The van der Waals surface area contributed by atoms with E-state index in [4.69, 9.17) is 10.5 Å². The third-order valence-corrected chi connectivity index (χ3v) is 4.15. The molecule has 4 heteroatoms. The second-order valence-corrected chi connectivity index (χ2v) is 5.70. The Morgan fingerprint density at radius 2 is 2.16 bits per heavy atom. The van der Waals surface area contributed by atoms with E-state index in [0.717, 1.165) is 12.2 Å². The molecule has 0 saturated carbocycles. The summed E-state index contributed by atoms with van der Waals surface area (Å²) in [5.41, 5.74) is 7.29. The highest BCUT2D eigenvalue weighted by Crippen LogP contribution is 2.29. The van der Waals surface area contributed by atoms with E-state index in [9.17, 15) is 4.79 Å². The maximum atomic E-state index is 12.0. The molecular weight excluding hydrogens is 240 g/mol. The van der Waals surface area contributed by atoms with Crippen LogP contribution in [0.2, 0.25) is 0 Å². The average molecular weight is 260 g/mol. The number of nitrogens with zero attached hydrogens (tertiary/aromatic N) is 1. The molecule has 2 aliphatic heterocycles. The quantitative estimate of drug-likeness (QED) is 0.869. The number of hydrogen-bond acceptors (Lipinski definition) is 3. The van der Waals surface area contributed by atoms with Gasteiger partial charge in [-0.2, -0.15) is 0 Å². The molecule has 3 atom stereocenters. The van der Waals surface area contributed by atoms with Crippen LogP contribution in [0.25, 0.3) is 0 Å². The fraction of sp³-hybridized carbons (Fsp3) is 0.533. The van der Waals surface area contributed by atoms with Gasteiger partial charge in [0.1, 0.15) is 11.9 Å². The Balaban J connectivity index is 1.63. The monoisotopic (exact) mass is 260 g/mol. The van der Waals surface area contributed by atoms with Crippen LogP contribution in [0.1, 0.15) is 18.9 Å². The molecule has 1 aromatic carbocycles. The van der Waals surface area contributed by atoms with Crippen molar-refractivity contribution in [2.24, 2.45) is 11.7 Å². The summed E-state index contributed by atoms with van der Waals surface area (Å²) in [6.07, 6.45) is 1.51. The summed E-state index contributed by atoms with van der Waals surface area (Å²) >= 11 is 0. The fourth-order valence-corrected chi connectivity index (χ4v) is 2.87. The van der Waals surface area contributed by atoms with Crippen LogP contribution >= 0.6 is 0 Å². The molecule has 0 radical (unpaired) electrons. The molecule has 4 nitrogen and oxygen atoms in total. The largest absolute Gasteiger partial charge is 0.488 e. The van der Waals surface area contributed by atoms with Gasteiger partial charge in [0.15, 0.2) is 0 Å². The maximum Gasteiger partial charge on any atom is 0.223 e. The molecule has 1 fully saturated rings. The molecule has 0 spiro atoms. The van der Waals surface area contributed by atoms with Gasteiger partial charge < -0.3 is 15.4 Å². The van der Waals surface area contributed by atoms with E-state index in [-0.39, 0.29) is 24.0 Å². The topological polar surface area (TPSA) is 55.6 Å². The summed E-state index contributed by atoms with van der Waals surface area (Å²) < 4.78 is 5.89. The summed E-state index contributed by atoms with van der Waals surface area (Å²) in [5, 5.41) is 0. The molecule has 2 N–H and O–H groups in total. The Hall–Kier alpha value is -1.55. The van der Waals surface area contributed by atoms with E-state index in [1.807, 2.05) is 30.0 Å². The average Bonchev–Trinajstić information content (AvgIpc) is 2.78. The summed E-state index contributed by atoms with van der Waals surface area (Å²) in [5.74, 6) is 1.44. The fourth-order valence-electron chi connectivity index (χ4n) is 2.87. The lowest BCUT2D eigenvalue weighted by Crippen LogP contribution is -2.52. The number of carbonyl (C=O) groups excluding carboxylic acids is 1. The minimum atomic E-state index is 0.0713. The number of benzene rings is 1. The van der Waals surface area contributed by atoms with Crippen molar-refractivity contribution in [1.29, 1.82) is 0 Å². The van der Waals surface area contributed by atoms with Crippen LogP contribution < -0.4 is 10.5 Å². The van der Waals surface area contributed by atoms with Gasteiger partial charge in [-0.15, -0.1) is 0 Å². The summed E-state index contributed by atoms with van der Waals surface area (Å²) in [4.78, 5) is 13.9. The van der Waals surface area contributed by atoms with Crippen LogP contribution in [0.15, 0.2) is 24.3 Å². The third kappa shape index (κ3) is 2.45. The molecule has 2 heterocycles. The first-order valence-corrected chi connectivity index (χ1v) is 6.91. The number of fused-ring (bicyclic) bond motifs is 1. The lowest BCUT2D eigenvalue weighted by molar-refractivity contribution is -0.136. The molecule has 1 aromatic rings. The Morgan fingerprint density at radius 1 is 1.37 bits per heavy atom. The highest BCUT2D eigenvalue weighted by Gasteiger charge is 2.32. The number of para-hydroxylation sites is 1. The summed E-state index contributed by atoms with van der Waals surface area (Å²) in [6.45, 7) is 3.34. The van der Waals surface area contributed by atoms with Crippen LogP contribution in [0.4, 0.5) is 0 Å². The van der Waals surface area contributed by atoms with Crippen LogP contribution in [0, 0.1) is 5.92 Å². The van der Waals surface area contributed by atoms with Crippen LogP contribution in [-0.2, 0) is 11.2 Å². The molecule has 1 saturated heterocycles. The zero-order valence-corrected chi connectivity index (χ0v) is 11.2. The molecule has 0 aromatic heterocycles. The minimum absolute atomic E-state index is 0.0713. The number of rotatable bonds is 2. The predicted molar refractivity (Wildman–Crippen MR) is 72.9 cm³/mol. The van der Waals surface area contributed by atoms with Crippen molar-refractivity contribution in [3.63, 3.8) is 0 Å². The Morgan fingerprint density at radius 3 is 2.95 bits per heavy atom. The predicted octanol–water partition coefficient (Wildman–Crippen LogP) is 1.19. The summed E-state index contributed by atoms with van der Waals surface area (Å²) in [7, 11) is 0. The zero-order valence-electron chi connectivity index (χ0n) is 11.2. The number of ether oxygens (including phenoxy) is 1. The van der Waals surface area contributed by atoms with Crippen LogP contribution in [0.5, 0.6) is 5.75 Å². The first-order chi connectivity index (χ1) is 9.13. The Labute approximate surface area is 113 Å². The second kappa shape index (κ2) is 4.85.